The topological polar surface area (TPSA) is 73.5 Å². The van der Waals surface area contributed by atoms with Crippen molar-refractivity contribution in [3.63, 3.8) is 0 Å². The number of hydrogen-bond acceptors (Lipinski definition) is 4. The van der Waals surface area contributed by atoms with E-state index in [2.05, 4.69) is 32.0 Å². The first kappa shape index (κ1) is 18.7. The van der Waals surface area contributed by atoms with Gasteiger partial charge in [-0.25, -0.2) is 9.97 Å². The Morgan fingerprint density at radius 3 is 2.86 bits per heavy atom. The molecule has 5 rings (SSSR count). The summed E-state index contributed by atoms with van der Waals surface area (Å²) in [6.07, 6.45) is 9.79. The molecule has 0 spiro atoms. The lowest BCUT2D eigenvalue weighted by Gasteiger charge is -2.34. The molecule has 3 heterocycles. The Morgan fingerprint density at radius 1 is 1.07 bits per heavy atom. The molecule has 1 unspecified atom stereocenters. The summed E-state index contributed by atoms with van der Waals surface area (Å²) in [5.74, 6) is 1.90. The van der Waals surface area contributed by atoms with Crippen molar-refractivity contribution in [1.82, 2.24) is 24.9 Å². The second-order valence-electron chi connectivity index (χ2n) is 7.01. The molecule has 28 heavy (non-hydrogen) atoms. The van der Waals surface area contributed by atoms with Crippen LogP contribution in [0.4, 0.5) is 5.95 Å². The summed E-state index contributed by atoms with van der Waals surface area (Å²) in [7, 11) is 0. The maximum Gasteiger partial charge on any atom is 0.203 e. The molecule has 1 aliphatic carbocycles. The predicted molar refractivity (Wildman–Crippen MR) is 116 cm³/mol. The van der Waals surface area contributed by atoms with Gasteiger partial charge in [0, 0.05) is 31.6 Å². The van der Waals surface area contributed by atoms with Crippen molar-refractivity contribution in [1.29, 1.82) is 0 Å². The van der Waals surface area contributed by atoms with Gasteiger partial charge < -0.3 is 14.9 Å². The highest BCUT2D eigenvalue weighted by molar-refractivity contribution is 8.93. The number of hydrogen-bond donors (Lipinski definition) is 2. The zero-order valence-corrected chi connectivity index (χ0v) is 17.2. The van der Waals surface area contributed by atoms with Gasteiger partial charge in [0.05, 0.1) is 22.8 Å². The number of aromatic nitrogens is 5. The highest BCUT2D eigenvalue weighted by atomic mass is 79.9. The van der Waals surface area contributed by atoms with Crippen molar-refractivity contribution in [3.05, 3.63) is 72.1 Å². The zero-order chi connectivity index (χ0) is 18.1. The number of pyridine rings is 1. The Hall–Kier alpha value is -2.67. The Balaban J connectivity index is 0.00000192. The molecule has 1 aromatic carbocycles. The Morgan fingerprint density at radius 2 is 2.00 bits per heavy atom. The molecule has 1 atom stereocenters. The van der Waals surface area contributed by atoms with Crippen LogP contribution in [0.1, 0.15) is 36.0 Å². The van der Waals surface area contributed by atoms with Crippen molar-refractivity contribution >= 4 is 34.0 Å². The van der Waals surface area contributed by atoms with Crippen molar-refractivity contribution in [2.24, 2.45) is 0 Å². The highest BCUT2D eigenvalue weighted by Crippen LogP contribution is 2.34. The van der Waals surface area contributed by atoms with Crippen LogP contribution in [0.5, 0.6) is 0 Å². The molecular formula is C21H23BrN6. The van der Waals surface area contributed by atoms with Crippen molar-refractivity contribution in [2.75, 3.05) is 11.4 Å². The highest BCUT2D eigenvalue weighted by Gasteiger charge is 2.28. The first-order chi connectivity index (χ1) is 13.4. The van der Waals surface area contributed by atoms with E-state index < -0.39 is 0 Å². The van der Waals surface area contributed by atoms with E-state index in [1.165, 1.54) is 17.7 Å². The number of fused-ring (bicyclic) bond motifs is 2. The van der Waals surface area contributed by atoms with Gasteiger partial charge in [0.25, 0.3) is 0 Å². The number of nitrogens with one attached hydrogen (secondary N) is 2. The molecule has 0 amide bonds. The average Bonchev–Trinajstić information content (AvgIpc) is 3.38. The van der Waals surface area contributed by atoms with Gasteiger partial charge in [-0.1, -0.05) is 18.2 Å². The number of rotatable bonds is 5. The molecule has 4 aromatic rings. The monoisotopic (exact) mass is 438 g/mol. The molecular weight excluding hydrogens is 416 g/mol. The Kier molecular flexibility index (Phi) is 5.43. The molecule has 0 saturated carbocycles. The van der Waals surface area contributed by atoms with Gasteiger partial charge in [0.15, 0.2) is 0 Å². The number of anilines is 1. The third kappa shape index (κ3) is 3.54. The van der Waals surface area contributed by atoms with Crippen molar-refractivity contribution < 1.29 is 0 Å². The van der Waals surface area contributed by atoms with Crippen LogP contribution in [-0.2, 0) is 12.8 Å². The van der Waals surface area contributed by atoms with Crippen LogP contribution >= 0.6 is 17.0 Å². The first-order valence-corrected chi connectivity index (χ1v) is 9.52. The number of halogens is 1. The van der Waals surface area contributed by atoms with Gasteiger partial charge in [0.1, 0.15) is 5.82 Å². The van der Waals surface area contributed by atoms with Crippen LogP contribution in [0, 0.1) is 0 Å². The summed E-state index contributed by atoms with van der Waals surface area (Å²) >= 11 is 0. The van der Waals surface area contributed by atoms with Gasteiger partial charge in [-0.3, -0.25) is 4.98 Å². The fraction of sp³-hybridized carbons (Fsp3) is 0.286. The summed E-state index contributed by atoms with van der Waals surface area (Å²) in [6, 6.07) is 12.6. The van der Waals surface area contributed by atoms with E-state index in [9.17, 15) is 0 Å². The summed E-state index contributed by atoms with van der Waals surface area (Å²) in [5.41, 5.74) is 4.64. The smallest absolute Gasteiger partial charge is 0.203 e. The maximum atomic E-state index is 4.73. The van der Waals surface area contributed by atoms with Gasteiger partial charge in [0.2, 0.25) is 5.95 Å². The molecule has 1 aliphatic rings. The normalized spacial score (nSPS) is 15.8. The van der Waals surface area contributed by atoms with E-state index >= 15 is 0 Å². The summed E-state index contributed by atoms with van der Waals surface area (Å²) in [5, 5.41) is 0. The average molecular weight is 439 g/mol. The maximum absolute atomic E-state index is 4.73. The molecule has 0 saturated heterocycles. The number of nitrogens with zero attached hydrogens (tertiary/aromatic N) is 4. The van der Waals surface area contributed by atoms with E-state index in [4.69, 9.17) is 9.97 Å². The number of imidazole rings is 2. The lowest BCUT2D eigenvalue weighted by Crippen LogP contribution is -2.34. The lowest BCUT2D eigenvalue weighted by atomic mass is 9.91. The number of aryl methyl sites for hydroxylation is 1. The number of H-pyrrole nitrogens is 2. The standard InChI is InChI=1S/C21H22N6.BrH/c1-2-8-17-16(7-1)25-19(26-17)10-14-27(21-23-12-13-24-21)18-9-3-5-15-6-4-11-22-20(15)18;/h1-2,4,6-8,11-13,18H,3,5,9-10,14H2,(H,23,24)(H,25,26);1H. The third-order valence-corrected chi connectivity index (χ3v) is 5.33. The molecule has 0 bridgehead atoms. The van der Waals surface area contributed by atoms with Gasteiger partial charge in [-0.05, 0) is 43.0 Å². The fourth-order valence-electron chi connectivity index (χ4n) is 4.06. The number of aromatic amines is 2. The first-order valence-electron chi connectivity index (χ1n) is 9.52. The van der Waals surface area contributed by atoms with E-state index in [0.717, 1.165) is 48.6 Å². The number of benzene rings is 1. The minimum Gasteiger partial charge on any atom is -0.342 e. The third-order valence-electron chi connectivity index (χ3n) is 5.33. The molecule has 6 nitrogen and oxygen atoms in total. The molecule has 144 valence electrons. The minimum atomic E-state index is 0. The van der Waals surface area contributed by atoms with Crippen molar-refractivity contribution in [2.45, 2.75) is 31.7 Å². The SMILES string of the molecule is Br.c1cnc2c(c1)CCCC2N(CCc1nc2ccccc2[nH]1)c1ncc[nH]1. The largest absolute Gasteiger partial charge is 0.342 e. The van der Waals surface area contributed by atoms with Crippen LogP contribution in [0.25, 0.3) is 11.0 Å². The molecule has 0 fully saturated rings. The molecule has 0 radical (unpaired) electrons. The van der Waals surface area contributed by atoms with E-state index in [1.54, 1.807) is 0 Å². The Bertz CT molecular complexity index is 1010. The minimum absolute atomic E-state index is 0. The van der Waals surface area contributed by atoms with Gasteiger partial charge in [-0.2, -0.15) is 0 Å². The molecule has 3 aromatic heterocycles. The van der Waals surface area contributed by atoms with E-state index in [1.807, 2.05) is 42.9 Å². The van der Waals surface area contributed by atoms with Gasteiger partial charge >= 0.3 is 0 Å². The van der Waals surface area contributed by atoms with Crippen molar-refractivity contribution in [3.8, 4) is 0 Å². The van der Waals surface area contributed by atoms with E-state index in [0.29, 0.717) is 0 Å². The van der Waals surface area contributed by atoms with Crippen LogP contribution in [-0.4, -0.2) is 31.5 Å². The van der Waals surface area contributed by atoms with Crippen LogP contribution in [0.3, 0.4) is 0 Å². The summed E-state index contributed by atoms with van der Waals surface area (Å²) in [4.78, 5) is 23.0. The Labute approximate surface area is 174 Å². The molecule has 0 aliphatic heterocycles. The summed E-state index contributed by atoms with van der Waals surface area (Å²) < 4.78 is 0. The van der Waals surface area contributed by atoms with Gasteiger partial charge in [-0.15, -0.1) is 17.0 Å². The second-order valence-corrected chi connectivity index (χ2v) is 7.01. The van der Waals surface area contributed by atoms with Crippen LogP contribution < -0.4 is 4.90 Å². The quantitative estimate of drug-likeness (QED) is 0.484. The predicted octanol–water partition coefficient (Wildman–Crippen LogP) is 4.39. The summed E-state index contributed by atoms with van der Waals surface area (Å²) in [6.45, 7) is 0.827. The molecule has 7 heteroatoms. The lowest BCUT2D eigenvalue weighted by molar-refractivity contribution is 0.499. The van der Waals surface area contributed by atoms with Crippen LogP contribution in [0.2, 0.25) is 0 Å². The zero-order valence-electron chi connectivity index (χ0n) is 15.5. The fourth-order valence-corrected chi connectivity index (χ4v) is 4.06. The second kappa shape index (κ2) is 8.14. The van der Waals surface area contributed by atoms with Crippen LogP contribution in [0.15, 0.2) is 55.0 Å². The number of para-hydroxylation sites is 2. The van der Waals surface area contributed by atoms with E-state index in [-0.39, 0.29) is 23.0 Å². The molecule has 2 N–H and O–H groups in total.